The molecule has 0 unspecified atom stereocenters. The quantitative estimate of drug-likeness (QED) is 0.803. The SMILES string of the molecule is CCOC(=O)c1sc2sc(C(=O)OCC)c(C)c2c1C. The van der Waals surface area contributed by atoms with E-state index in [-0.39, 0.29) is 11.9 Å². The van der Waals surface area contributed by atoms with Gasteiger partial charge in [-0.15, -0.1) is 22.7 Å². The second-order valence-corrected chi connectivity index (χ2v) is 6.52. The molecule has 0 fully saturated rings. The van der Waals surface area contributed by atoms with Crippen molar-refractivity contribution in [3.8, 4) is 0 Å². The predicted octanol–water partition coefficient (Wildman–Crippen LogP) is 3.93. The number of hydrogen-bond donors (Lipinski definition) is 0. The normalized spacial score (nSPS) is 10.8. The molecule has 0 aromatic carbocycles. The number of carbonyl (C=O) groups is 2. The lowest BCUT2D eigenvalue weighted by atomic mass is 10.1. The van der Waals surface area contributed by atoms with Crippen LogP contribution >= 0.6 is 22.7 Å². The molecule has 0 bridgehead atoms. The fourth-order valence-corrected chi connectivity index (χ4v) is 4.71. The molecule has 2 heterocycles. The Balaban J connectivity index is 2.49. The van der Waals surface area contributed by atoms with E-state index in [1.807, 2.05) is 13.8 Å². The van der Waals surface area contributed by atoms with Gasteiger partial charge in [-0.3, -0.25) is 0 Å². The van der Waals surface area contributed by atoms with Crippen LogP contribution in [0.5, 0.6) is 0 Å². The largest absolute Gasteiger partial charge is 0.462 e. The number of hydrogen-bond acceptors (Lipinski definition) is 6. The number of carbonyl (C=O) groups excluding carboxylic acids is 2. The highest BCUT2D eigenvalue weighted by molar-refractivity contribution is 7.40. The Morgan fingerprint density at radius 3 is 1.60 bits per heavy atom. The minimum absolute atomic E-state index is 0.296. The number of rotatable bonds is 4. The Morgan fingerprint density at radius 1 is 0.900 bits per heavy atom. The highest BCUT2D eigenvalue weighted by atomic mass is 32.2. The Labute approximate surface area is 125 Å². The van der Waals surface area contributed by atoms with Gasteiger partial charge in [0.1, 0.15) is 9.75 Å². The highest BCUT2D eigenvalue weighted by Gasteiger charge is 2.24. The average molecular weight is 312 g/mol. The highest BCUT2D eigenvalue weighted by Crippen LogP contribution is 2.41. The van der Waals surface area contributed by atoms with Crippen molar-refractivity contribution in [3.63, 3.8) is 0 Å². The molecule has 0 radical (unpaired) electrons. The van der Waals surface area contributed by atoms with Gasteiger partial charge >= 0.3 is 11.9 Å². The Hall–Kier alpha value is -1.40. The molecule has 0 amide bonds. The fraction of sp³-hybridized carbons (Fsp3) is 0.429. The molecule has 2 aromatic rings. The van der Waals surface area contributed by atoms with E-state index >= 15 is 0 Å². The standard InChI is InChI=1S/C14H16O4S2/c1-5-17-12(15)10-7(3)9-8(4)11(13(16)18-6-2)20-14(9)19-10/h5-6H2,1-4H3. The number of fused-ring (bicyclic) bond motifs is 1. The third kappa shape index (κ3) is 2.45. The molecule has 4 nitrogen and oxygen atoms in total. The van der Waals surface area contributed by atoms with Gasteiger partial charge in [0.2, 0.25) is 0 Å². The van der Waals surface area contributed by atoms with E-state index in [0.29, 0.717) is 23.0 Å². The summed E-state index contributed by atoms with van der Waals surface area (Å²) in [4.78, 5) is 25.0. The molecule has 108 valence electrons. The first kappa shape index (κ1) is 15.0. The topological polar surface area (TPSA) is 52.6 Å². The van der Waals surface area contributed by atoms with Gasteiger partial charge in [0.25, 0.3) is 0 Å². The molecular formula is C14H16O4S2. The van der Waals surface area contributed by atoms with Gasteiger partial charge in [0.15, 0.2) is 0 Å². The van der Waals surface area contributed by atoms with E-state index in [1.54, 1.807) is 13.8 Å². The Bertz CT molecular complexity index is 613. The van der Waals surface area contributed by atoms with Gasteiger partial charge in [0, 0.05) is 5.39 Å². The number of aryl methyl sites for hydroxylation is 2. The molecule has 0 aliphatic carbocycles. The van der Waals surface area contributed by atoms with Crippen LogP contribution in [0.25, 0.3) is 9.40 Å². The van der Waals surface area contributed by atoms with Gasteiger partial charge in [0.05, 0.1) is 17.2 Å². The van der Waals surface area contributed by atoms with E-state index in [4.69, 9.17) is 9.47 Å². The van der Waals surface area contributed by atoms with E-state index in [1.165, 1.54) is 22.7 Å². The molecule has 0 saturated carbocycles. The fourth-order valence-electron chi connectivity index (χ4n) is 2.06. The molecular weight excluding hydrogens is 296 g/mol. The van der Waals surface area contributed by atoms with Crippen LogP contribution in [-0.2, 0) is 9.47 Å². The van der Waals surface area contributed by atoms with Crippen molar-refractivity contribution in [2.24, 2.45) is 0 Å². The van der Waals surface area contributed by atoms with Crippen molar-refractivity contribution in [3.05, 3.63) is 20.9 Å². The summed E-state index contributed by atoms with van der Waals surface area (Å²) in [5, 5.41) is 0.978. The molecule has 20 heavy (non-hydrogen) atoms. The number of esters is 2. The minimum atomic E-state index is -0.296. The van der Waals surface area contributed by atoms with Gasteiger partial charge in [-0.1, -0.05) is 0 Å². The molecule has 0 spiro atoms. The lowest BCUT2D eigenvalue weighted by molar-refractivity contribution is 0.0522. The molecule has 0 aliphatic rings. The first-order valence-electron chi connectivity index (χ1n) is 6.37. The van der Waals surface area contributed by atoms with Gasteiger partial charge < -0.3 is 9.47 Å². The summed E-state index contributed by atoms with van der Waals surface area (Å²) in [6.45, 7) is 8.06. The van der Waals surface area contributed by atoms with Crippen molar-refractivity contribution >= 4 is 44.0 Å². The lowest BCUT2D eigenvalue weighted by Gasteiger charge is -2.02. The van der Waals surface area contributed by atoms with E-state index in [9.17, 15) is 9.59 Å². The van der Waals surface area contributed by atoms with Crippen LogP contribution in [0, 0.1) is 13.8 Å². The van der Waals surface area contributed by atoms with Crippen LogP contribution in [-0.4, -0.2) is 25.2 Å². The van der Waals surface area contributed by atoms with Gasteiger partial charge in [-0.25, -0.2) is 9.59 Å². The Kier molecular flexibility index (Phi) is 4.45. The molecule has 0 atom stereocenters. The van der Waals surface area contributed by atoms with Crippen molar-refractivity contribution in [2.45, 2.75) is 27.7 Å². The average Bonchev–Trinajstić information content (AvgIpc) is 2.89. The van der Waals surface area contributed by atoms with Crippen LogP contribution in [0.15, 0.2) is 0 Å². The Morgan fingerprint density at radius 2 is 1.30 bits per heavy atom. The molecule has 6 heteroatoms. The second-order valence-electron chi connectivity index (χ2n) is 4.22. The molecule has 2 aromatic heterocycles. The maximum absolute atomic E-state index is 11.9. The van der Waals surface area contributed by atoms with Crippen LogP contribution in [0.2, 0.25) is 0 Å². The van der Waals surface area contributed by atoms with Crippen molar-refractivity contribution in [1.82, 2.24) is 0 Å². The zero-order chi connectivity index (χ0) is 14.9. The summed E-state index contributed by atoms with van der Waals surface area (Å²) in [7, 11) is 0. The predicted molar refractivity (Wildman–Crippen MR) is 81.1 cm³/mol. The number of ether oxygens (including phenoxy) is 2. The van der Waals surface area contributed by atoms with Crippen LogP contribution in [0.4, 0.5) is 0 Å². The third-order valence-electron chi connectivity index (χ3n) is 2.95. The third-order valence-corrected chi connectivity index (χ3v) is 5.58. The summed E-state index contributed by atoms with van der Waals surface area (Å²) in [6, 6.07) is 0. The van der Waals surface area contributed by atoms with Gasteiger partial charge in [-0.2, -0.15) is 0 Å². The van der Waals surface area contributed by atoms with Crippen LogP contribution < -0.4 is 0 Å². The molecule has 0 saturated heterocycles. The lowest BCUT2D eigenvalue weighted by Crippen LogP contribution is -2.05. The summed E-state index contributed by atoms with van der Waals surface area (Å²) < 4.78 is 11.1. The van der Waals surface area contributed by atoms with Crippen molar-refractivity contribution in [1.29, 1.82) is 0 Å². The van der Waals surface area contributed by atoms with Crippen LogP contribution in [0.1, 0.15) is 44.3 Å². The minimum Gasteiger partial charge on any atom is -0.462 e. The summed E-state index contributed by atoms with van der Waals surface area (Å²) in [6.07, 6.45) is 0. The van der Waals surface area contributed by atoms with E-state index in [2.05, 4.69) is 0 Å². The van der Waals surface area contributed by atoms with Gasteiger partial charge in [-0.05, 0) is 38.8 Å². The molecule has 0 N–H and O–H groups in total. The molecule has 2 rings (SSSR count). The maximum atomic E-state index is 11.9. The first-order chi connectivity index (χ1) is 9.51. The zero-order valence-electron chi connectivity index (χ0n) is 11.9. The molecule has 0 aliphatic heterocycles. The van der Waals surface area contributed by atoms with Crippen LogP contribution in [0.3, 0.4) is 0 Å². The number of thiophene rings is 2. The van der Waals surface area contributed by atoms with Crippen molar-refractivity contribution in [2.75, 3.05) is 13.2 Å². The smallest absolute Gasteiger partial charge is 0.348 e. The summed E-state index contributed by atoms with van der Waals surface area (Å²) >= 11 is 2.76. The zero-order valence-corrected chi connectivity index (χ0v) is 13.5. The summed E-state index contributed by atoms with van der Waals surface area (Å²) in [5.41, 5.74) is 1.76. The second kappa shape index (κ2) is 5.93. The van der Waals surface area contributed by atoms with E-state index < -0.39 is 0 Å². The van der Waals surface area contributed by atoms with E-state index in [0.717, 1.165) is 20.5 Å². The first-order valence-corrected chi connectivity index (χ1v) is 8.01. The monoisotopic (exact) mass is 312 g/mol. The summed E-state index contributed by atoms with van der Waals surface area (Å²) in [5.74, 6) is -0.592. The maximum Gasteiger partial charge on any atom is 0.348 e. The van der Waals surface area contributed by atoms with Crippen molar-refractivity contribution < 1.29 is 19.1 Å².